The van der Waals surface area contributed by atoms with Crippen molar-refractivity contribution < 1.29 is 4.74 Å². The first-order chi connectivity index (χ1) is 8.69. The number of anilines is 1. The normalized spacial score (nSPS) is 10.6. The molecule has 0 amide bonds. The predicted octanol–water partition coefficient (Wildman–Crippen LogP) is 2.59. The summed E-state index contributed by atoms with van der Waals surface area (Å²) in [5, 5.41) is 4.60. The number of aromatic nitrogens is 2. The van der Waals surface area contributed by atoms with Crippen molar-refractivity contribution in [3.8, 4) is 11.4 Å². The van der Waals surface area contributed by atoms with Crippen LogP contribution >= 0.6 is 0 Å². The van der Waals surface area contributed by atoms with Gasteiger partial charge in [-0.15, -0.1) is 0 Å². The standard InChI is InChI=1S/C14H19N3O/c1-4-10-8-11(5-2)17(16-10)12-6-7-13(15)14(9-12)18-3/h6-9H,4-5,15H2,1-3H3. The zero-order valence-electron chi connectivity index (χ0n) is 11.1. The molecule has 0 bridgehead atoms. The summed E-state index contributed by atoms with van der Waals surface area (Å²) in [6.07, 6.45) is 1.88. The molecule has 18 heavy (non-hydrogen) atoms. The molecule has 4 heteroatoms. The van der Waals surface area contributed by atoms with Gasteiger partial charge in [0.05, 0.1) is 24.2 Å². The molecule has 2 N–H and O–H groups in total. The molecule has 0 aliphatic heterocycles. The number of nitrogen functional groups attached to an aromatic ring is 1. The van der Waals surface area contributed by atoms with E-state index < -0.39 is 0 Å². The third-order valence-electron chi connectivity index (χ3n) is 3.02. The van der Waals surface area contributed by atoms with E-state index in [4.69, 9.17) is 10.5 Å². The van der Waals surface area contributed by atoms with Gasteiger partial charge in [-0.25, -0.2) is 4.68 Å². The molecule has 0 atom stereocenters. The summed E-state index contributed by atoms with van der Waals surface area (Å²) in [5.41, 5.74) is 9.74. The average Bonchev–Trinajstić information content (AvgIpc) is 2.82. The Bertz CT molecular complexity index is 546. The van der Waals surface area contributed by atoms with Crippen molar-refractivity contribution in [1.29, 1.82) is 0 Å². The summed E-state index contributed by atoms with van der Waals surface area (Å²) in [7, 11) is 1.62. The van der Waals surface area contributed by atoms with Crippen molar-refractivity contribution in [2.24, 2.45) is 0 Å². The van der Waals surface area contributed by atoms with Crippen LogP contribution in [0.2, 0.25) is 0 Å². The zero-order valence-corrected chi connectivity index (χ0v) is 11.1. The van der Waals surface area contributed by atoms with Crippen molar-refractivity contribution in [2.75, 3.05) is 12.8 Å². The van der Waals surface area contributed by atoms with Gasteiger partial charge in [0.15, 0.2) is 0 Å². The minimum absolute atomic E-state index is 0.641. The Morgan fingerprint density at radius 1 is 1.22 bits per heavy atom. The van der Waals surface area contributed by atoms with Gasteiger partial charge >= 0.3 is 0 Å². The molecule has 1 heterocycles. The van der Waals surface area contributed by atoms with E-state index in [2.05, 4.69) is 25.0 Å². The Hall–Kier alpha value is -1.97. The SMILES string of the molecule is CCc1cc(CC)n(-c2ccc(N)c(OC)c2)n1. The molecule has 1 aromatic heterocycles. The molecule has 0 radical (unpaired) electrons. The van der Waals surface area contributed by atoms with E-state index in [0.29, 0.717) is 11.4 Å². The monoisotopic (exact) mass is 245 g/mol. The minimum atomic E-state index is 0.641. The van der Waals surface area contributed by atoms with E-state index in [1.807, 2.05) is 22.9 Å². The second kappa shape index (κ2) is 5.12. The summed E-state index contributed by atoms with van der Waals surface area (Å²) >= 11 is 0. The Labute approximate surface area is 107 Å². The summed E-state index contributed by atoms with van der Waals surface area (Å²) in [4.78, 5) is 0. The van der Waals surface area contributed by atoms with E-state index in [1.165, 1.54) is 5.69 Å². The van der Waals surface area contributed by atoms with Crippen LogP contribution in [0.5, 0.6) is 5.75 Å². The smallest absolute Gasteiger partial charge is 0.143 e. The summed E-state index contributed by atoms with van der Waals surface area (Å²) in [5.74, 6) is 0.683. The van der Waals surface area contributed by atoms with Gasteiger partial charge in [0.25, 0.3) is 0 Å². The van der Waals surface area contributed by atoms with Crippen LogP contribution in [0.3, 0.4) is 0 Å². The van der Waals surface area contributed by atoms with Gasteiger partial charge < -0.3 is 10.5 Å². The molecular weight excluding hydrogens is 226 g/mol. The lowest BCUT2D eigenvalue weighted by atomic mass is 10.2. The van der Waals surface area contributed by atoms with E-state index >= 15 is 0 Å². The molecule has 0 spiro atoms. The number of methoxy groups -OCH3 is 1. The highest BCUT2D eigenvalue weighted by molar-refractivity contribution is 5.57. The van der Waals surface area contributed by atoms with Gasteiger partial charge in [-0.1, -0.05) is 13.8 Å². The summed E-state index contributed by atoms with van der Waals surface area (Å²) in [6.45, 7) is 4.23. The third kappa shape index (κ3) is 2.18. The summed E-state index contributed by atoms with van der Waals surface area (Å²) < 4.78 is 7.21. The molecule has 0 saturated heterocycles. The first-order valence-corrected chi connectivity index (χ1v) is 6.21. The van der Waals surface area contributed by atoms with Crippen LogP contribution in [0.15, 0.2) is 24.3 Å². The molecular formula is C14H19N3O. The Morgan fingerprint density at radius 3 is 2.61 bits per heavy atom. The molecule has 0 fully saturated rings. The Morgan fingerprint density at radius 2 is 2.00 bits per heavy atom. The lowest BCUT2D eigenvalue weighted by molar-refractivity contribution is 0.416. The molecule has 0 saturated carbocycles. The maximum absolute atomic E-state index is 5.83. The fraction of sp³-hybridized carbons (Fsp3) is 0.357. The van der Waals surface area contributed by atoms with Gasteiger partial charge in [0, 0.05) is 11.8 Å². The third-order valence-corrected chi connectivity index (χ3v) is 3.02. The lowest BCUT2D eigenvalue weighted by Gasteiger charge is -2.09. The van der Waals surface area contributed by atoms with Crippen molar-refractivity contribution >= 4 is 5.69 Å². The largest absolute Gasteiger partial charge is 0.495 e. The second-order valence-corrected chi connectivity index (χ2v) is 4.17. The Balaban J connectivity index is 2.50. The highest BCUT2D eigenvalue weighted by Gasteiger charge is 2.09. The van der Waals surface area contributed by atoms with E-state index in [0.717, 1.165) is 24.2 Å². The van der Waals surface area contributed by atoms with Gasteiger partial charge in [0.1, 0.15) is 5.75 Å². The van der Waals surface area contributed by atoms with Gasteiger partial charge in [-0.05, 0) is 31.0 Å². The number of ether oxygens (including phenoxy) is 1. The molecule has 1 aromatic carbocycles. The van der Waals surface area contributed by atoms with Crippen LogP contribution in [-0.2, 0) is 12.8 Å². The van der Waals surface area contributed by atoms with Gasteiger partial charge in [0.2, 0.25) is 0 Å². The van der Waals surface area contributed by atoms with Crippen LogP contribution in [0.1, 0.15) is 25.2 Å². The minimum Gasteiger partial charge on any atom is -0.495 e. The van der Waals surface area contributed by atoms with Crippen LogP contribution in [-0.4, -0.2) is 16.9 Å². The average molecular weight is 245 g/mol. The quantitative estimate of drug-likeness (QED) is 0.842. The number of benzene rings is 1. The van der Waals surface area contributed by atoms with E-state index in [-0.39, 0.29) is 0 Å². The number of aryl methyl sites for hydroxylation is 2. The highest BCUT2D eigenvalue weighted by Crippen LogP contribution is 2.25. The maximum atomic E-state index is 5.83. The number of nitrogens with zero attached hydrogens (tertiary/aromatic N) is 2. The second-order valence-electron chi connectivity index (χ2n) is 4.17. The molecule has 0 aliphatic carbocycles. The molecule has 4 nitrogen and oxygen atoms in total. The van der Waals surface area contributed by atoms with Gasteiger partial charge in [-0.2, -0.15) is 5.10 Å². The van der Waals surface area contributed by atoms with Crippen LogP contribution in [0, 0.1) is 0 Å². The first kappa shape index (κ1) is 12.5. The number of hydrogen-bond donors (Lipinski definition) is 1. The van der Waals surface area contributed by atoms with Crippen LogP contribution in [0.25, 0.3) is 5.69 Å². The van der Waals surface area contributed by atoms with E-state index in [1.54, 1.807) is 7.11 Å². The lowest BCUT2D eigenvalue weighted by Crippen LogP contribution is -2.03. The van der Waals surface area contributed by atoms with Crippen molar-refractivity contribution in [2.45, 2.75) is 26.7 Å². The molecule has 0 unspecified atom stereocenters. The zero-order chi connectivity index (χ0) is 13.1. The van der Waals surface area contributed by atoms with Crippen molar-refractivity contribution in [1.82, 2.24) is 9.78 Å². The molecule has 2 rings (SSSR count). The van der Waals surface area contributed by atoms with Crippen LogP contribution in [0.4, 0.5) is 5.69 Å². The maximum Gasteiger partial charge on any atom is 0.143 e. The van der Waals surface area contributed by atoms with Crippen molar-refractivity contribution in [3.05, 3.63) is 35.7 Å². The number of hydrogen-bond acceptors (Lipinski definition) is 3. The van der Waals surface area contributed by atoms with Crippen LogP contribution < -0.4 is 10.5 Å². The predicted molar refractivity (Wildman–Crippen MR) is 73.3 cm³/mol. The summed E-state index contributed by atoms with van der Waals surface area (Å²) in [6, 6.07) is 7.87. The first-order valence-electron chi connectivity index (χ1n) is 6.21. The van der Waals surface area contributed by atoms with E-state index in [9.17, 15) is 0 Å². The fourth-order valence-corrected chi connectivity index (χ4v) is 1.95. The Kier molecular flexibility index (Phi) is 3.55. The molecule has 2 aromatic rings. The fourth-order valence-electron chi connectivity index (χ4n) is 1.95. The highest BCUT2D eigenvalue weighted by atomic mass is 16.5. The van der Waals surface area contributed by atoms with Gasteiger partial charge in [-0.3, -0.25) is 0 Å². The molecule has 0 aliphatic rings. The molecule has 96 valence electrons. The topological polar surface area (TPSA) is 53.1 Å². The number of nitrogens with two attached hydrogens (primary N) is 1. The van der Waals surface area contributed by atoms with Crippen molar-refractivity contribution in [3.63, 3.8) is 0 Å². The number of rotatable bonds is 4.